The molecule has 2 aromatic heterocycles. The Balaban J connectivity index is 0.864. The van der Waals surface area contributed by atoms with Crippen molar-refractivity contribution in [3.63, 3.8) is 0 Å². The van der Waals surface area contributed by atoms with Crippen LogP contribution in [0, 0.1) is 28.1 Å². The number of thiazole rings is 1. The molecule has 1 saturated heterocycles. The first-order chi connectivity index (χ1) is 28.8. The third kappa shape index (κ3) is 6.15. The van der Waals surface area contributed by atoms with Crippen LogP contribution in [-0.2, 0) is 9.47 Å². The molecule has 12 nitrogen and oxygen atoms in total. The number of nitrogens with one attached hydrogen (secondary N) is 1. The Morgan fingerprint density at radius 2 is 1.83 bits per heavy atom. The van der Waals surface area contributed by atoms with E-state index in [1.807, 2.05) is 42.2 Å². The summed E-state index contributed by atoms with van der Waals surface area (Å²) >= 11 is 1.56. The quantitative estimate of drug-likeness (QED) is 0.122. The van der Waals surface area contributed by atoms with Gasteiger partial charge in [-0.05, 0) is 149 Å². The van der Waals surface area contributed by atoms with Gasteiger partial charge in [0.2, 0.25) is 0 Å². The molecule has 0 amide bonds. The molecule has 4 saturated carbocycles. The van der Waals surface area contributed by atoms with Crippen molar-refractivity contribution in [2.24, 2.45) is 50.3 Å². The topological polar surface area (TPSA) is 173 Å². The number of benzene rings is 1. The number of hydrogen-bond donors (Lipinski definition) is 5. The molecule has 5 fully saturated rings. The van der Waals surface area contributed by atoms with Gasteiger partial charge in [0.15, 0.2) is 11.4 Å². The highest BCUT2D eigenvalue weighted by molar-refractivity contribution is 7.22. The summed E-state index contributed by atoms with van der Waals surface area (Å²) in [6.07, 6.45) is 10.5. The highest BCUT2D eigenvalue weighted by Crippen LogP contribution is 2.89. The van der Waals surface area contributed by atoms with Crippen molar-refractivity contribution in [1.82, 2.24) is 14.9 Å². The summed E-state index contributed by atoms with van der Waals surface area (Å²) in [5.74, 6) is 2.90. The zero-order valence-corrected chi connectivity index (χ0v) is 36.7. The Bertz CT molecular complexity index is 2300. The van der Waals surface area contributed by atoms with Gasteiger partial charge in [-0.15, -0.1) is 0 Å². The van der Waals surface area contributed by atoms with E-state index in [-0.39, 0.29) is 17.6 Å². The van der Waals surface area contributed by atoms with Gasteiger partial charge < -0.3 is 46.9 Å². The normalized spacial score (nSPS) is 34.5. The van der Waals surface area contributed by atoms with Crippen LogP contribution >= 0.6 is 11.3 Å². The molecule has 2 bridgehead atoms. The van der Waals surface area contributed by atoms with Crippen molar-refractivity contribution >= 4 is 43.8 Å². The molecule has 1 aromatic carbocycles. The van der Waals surface area contributed by atoms with Gasteiger partial charge in [-0.3, -0.25) is 4.99 Å². The minimum Gasteiger partial charge on any atom is -0.400 e. The summed E-state index contributed by atoms with van der Waals surface area (Å²) in [5, 5.41) is 15.4. The van der Waals surface area contributed by atoms with Gasteiger partial charge in [0.05, 0.1) is 29.0 Å². The number of aliphatic hydroxyl groups excluding tert-OH is 1. The number of nitrogens with two attached hydrogens (primary N) is 3. The number of para-hydroxylation sites is 1. The third-order valence-corrected chi connectivity index (χ3v) is 17.3. The molecule has 320 valence electrons. The highest BCUT2D eigenvalue weighted by atomic mass is 32.1. The first-order valence-corrected chi connectivity index (χ1v) is 23.2. The summed E-state index contributed by atoms with van der Waals surface area (Å²) in [6, 6.07) is 12.0. The van der Waals surface area contributed by atoms with Gasteiger partial charge in [-0.2, -0.15) is 0 Å². The molecule has 4 aliphatic carbocycles. The Kier molecular flexibility index (Phi) is 9.90. The van der Waals surface area contributed by atoms with Crippen LogP contribution in [0.1, 0.15) is 109 Å². The van der Waals surface area contributed by atoms with E-state index in [0.29, 0.717) is 58.1 Å². The highest BCUT2D eigenvalue weighted by Gasteiger charge is 2.87. The van der Waals surface area contributed by atoms with E-state index >= 15 is 0 Å². The maximum atomic E-state index is 11.3. The number of ether oxygens (including phenoxy) is 2. The molecule has 3 aromatic rings. The lowest BCUT2D eigenvalue weighted by Crippen LogP contribution is -2.87. The maximum Gasteiger partial charge on any atom is 0.199 e. The molecule has 7 aliphatic rings. The van der Waals surface area contributed by atoms with Gasteiger partial charge in [0, 0.05) is 47.6 Å². The minimum absolute atomic E-state index is 0.0726. The van der Waals surface area contributed by atoms with E-state index in [1.165, 1.54) is 64.5 Å². The predicted molar refractivity (Wildman–Crippen MR) is 240 cm³/mol. The third-order valence-electron chi connectivity index (χ3n) is 16.3. The van der Waals surface area contributed by atoms with Crippen LogP contribution in [0.3, 0.4) is 0 Å². The fourth-order valence-corrected chi connectivity index (χ4v) is 14.6. The van der Waals surface area contributed by atoms with Crippen LogP contribution in [0.4, 0.5) is 10.9 Å². The van der Waals surface area contributed by atoms with Crippen LogP contribution in [-0.4, -0.2) is 77.2 Å². The Labute approximate surface area is 358 Å². The Morgan fingerprint density at radius 3 is 2.65 bits per heavy atom. The second kappa shape index (κ2) is 14.8. The predicted octanol–water partition coefficient (Wildman–Crippen LogP) is 7.39. The molecule has 0 radical (unpaired) electrons. The number of aromatic nitrogens is 2. The standard InChI is InChI=1S/C47H63N9O3S/c1-28(40(49)54-43-52-35-11-5-6-12-36(35)60-43)32-10-9-19-56(41(32)50)37-14-13-33-38(34(48)25-58-42(57)39(33)53-37)29(2)51-24-31-22-45(4)27-46(59-21-20-55-17-7-8-18-55)26-44(3)16-15-30(31)23-47(44,45)46/h5-6,11-14,30-31,42,57H,7-10,15-27,48-50H2,1-4H3,(H,52,54)/b40-28+,51-29?. The van der Waals surface area contributed by atoms with Crippen molar-refractivity contribution < 1.29 is 14.6 Å². The lowest BCUT2D eigenvalue weighted by Gasteiger charge is -2.88. The fraction of sp³-hybridized carbons (Fsp3) is 0.596. The van der Waals surface area contributed by atoms with Crippen molar-refractivity contribution in [3.8, 4) is 0 Å². The zero-order chi connectivity index (χ0) is 41.6. The van der Waals surface area contributed by atoms with Crippen LogP contribution in [0.15, 0.2) is 69.9 Å². The van der Waals surface area contributed by atoms with Crippen molar-refractivity contribution in [1.29, 1.82) is 0 Å². The van der Waals surface area contributed by atoms with E-state index in [1.54, 1.807) is 11.3 Å². The van der Waals surface area contributed by atoms with Gasteiger partial charge in [-0.1, -0.05) is 37.3 Å². The number of hydrogen-bond acceptors (Lipinski definition) is 13. The van der Waals surface area contributed by atoms with Crippen LogP contribution in [0.5, 0.6) is 0 Å². The molecule has 3 aliphatic heterocycles. The number of nitrogens with zero attached hydrogens (tertiary/aromatic N) is 5. The lowest BCUT2D eigenvalue weighted by atomic mass is 9.18. The maximum absolute atomic E-state index is 11.3. The second-order valence-corrected chi connectivity index (χ2v) is 20.6. The average molecular weight is 834 g/mol. The molecule has 7 unspecified atom stereocenters. The van der Waals surface area contributed by atoms with E-state index in [2.05, 4.69) is 42.0 Å². The van der Waals surface area contributed by atoms with Gasteiger partial charge in [0.1, 0.15) is 23.2 Å². The minimum atomic E-state index is -1.25. The van der Waals surface area contributed by atoms with Crippen LogP contribution < -0.4 is 27.4 Å². The smallest absolute Gasteiger partial charge is 0.199 e. The summed E-state index contributed by atoms with van der Waals surface area (Å²) in [6.45, 7) is 15.1. The van der Waals surface area contributed by atoms with Crippen molar-refractivity contribution in [3.05, 3.63) is 76.1 Å². The average Bonchev–Trinajstić information content (AvgIpc) is 3.88. The summed E-state index contributed by atoms with van der Waals surface area (Å²) in [5.41, 5.74) is 27.5. The zero-order valence-electron chi connectivity index (χ0n) is 35.9. The summed E-state index contributed by atoms with van der Waals surface area (Å²) < 4.78 is 14.0. The number of anilines is 2. The molecule has 10 rings (SSSR count). The fourth-order valence-electron chi connectivity index (χ4n) is 13.7. The molecular formula is C47H63N9O3S. The number of rotatable bonds is 11. The van der Waals surface area contributed by atoms with Gasteiger partial charge in [0.25, 0.3) is 0 Å². The molecule has 1 spiro atoms. The van der Waals surface area contributed by atoms with Crippen molar-refractivity contribution in [2.45, 2.75) is 104 Å². The second-order valence-electron chi connectivity index (χ2n) is 19.6. The number of allylic oxidation sites excluding steroid dienone is 3. The molecule has 13 heteroatoms. The van der Waals surface area contributed by atoms with Crippen molar-refractivity contribution in [2.75, 3.05) is 56.2 Å². The molecule has 8 N–H and O–H groups in total. The summed E-state index contributed by atoms with van der Waals surface area (Å²) in [4.78, 5) is 19.6. The number of aliphatic hydroxyl groups is 1. The molecule has 7 atom stereocenters. The monoisotopic (exact) mass is 833 g/mol. The van der Waals surface area contributed by atoms with E-state index in [0.717, 1.165) is 75.9 Å². The number of fused-ring (bicyclic) bond motifs is 3. The molecule has 60 heavy (non-hydrogen) atoms. The first-order valence-electron chi connectivity index (χ1n) is 22.4. The van der Waals surface area contributed by atoms with E-state index in [4.69, 9.17) is 36.7 Å². The molecule has 5 heterocycles. The van der Waals surface area contributed by atoms with Gasteiger partial charge >= 0.3 is 0 Å². The Morgan fingerprint density at radius 1 is 1.03 bits per heavy atom. The largest absolute Gasteiger partial charge is 0.400 e. The number of likely N-dealkylation sites (tertiary alicyclic amines) is 1. The van der Waals surface area contributed by atoms with Crippen LogP contribution in [0.2, 0.25) is 0 Å². The molecular weight excluding hydrogens is 771 g/mol. The van der Waals surface area contributed by atoms with E-state index < -0.39 is 6.29 Å². The summed E-state index contributed by atoms with van der Waals surface area (Å²) in [7, 11) is 0. The van der Waals surface area contributed by atoms with Gasteiger partial charge in [-0.25, -0.2) is 9.97 Å². The first kappa shape index (κ1) is 40.1. The lowest BCUT2D eigenvalue weighted by molar-refractivity contribution is -0.440. The SMILES string of the molecule is CC(=NCC1CC2(C)CC3(OCCN4CCCC4)CC4(C)CCC1CC423)C1=C(N)COC(O)c2nc(N3CCCC(/C(C)=C(\N)Nc4nc5ccccc5s4)=C3N)ccc21. The number of aliphatic imine (C=N–C) groups is 1. The van der Waals surface area contributed by atoms with Crippen LogP contribution in [0.25, 0.3) is 15.8 Å². The number of pyridine rings is 1. The van der Waals surface area contributed by atoms with E-state index in [9.17, 15) is 5.11 Å². The Hall–Kier alpha value is -4.01.